The van der Waals surface area contributed by atoms with E-state index in [1.54, 1.807) is 0 Å². The third-order valence-corrected chi connectivity index (χ3v) is 4.43. The van der Waals surface area contributed by atoms with Crippen molar-refractivity contribution in [3.05, 3.63) is 0 Å². The Morgan fingerprint density at radius 1 is 1.31 bits per heavy atom. The number of rotatable bonds is 4. The lowest BCUT2D eigenvalue weighted by molar-refractivity contribution is -0.147. The van der Waals surface area contributed by atoms with Crippen molar-refractivity contribution in [2.24, 2.45) is 17.3 Å². The largest absolute Gasteiger partial charge is 0.481 e. The second kappa shape index (κ2) is 4.36. The Morgan fingerprint density at radius 3 is 2.38 bits per heavy atom. The molecular weight excluding hydrogens is 202 g/mol. The molecule has 2 atom stereocenters. The van der Waals surface area contributed by atoms with E-state index in [0.717, 1.165) is 24.8 Å². The van der Waals surface area contributed by atoms with Gasteiger partial charge in [0.2, 0.25) is 0 Å². The van der Waals surface area contributed by atoms with Crippen LogP contribution in [0.5, 0.6) is 0 Å². The molecule has 1 N–H and O–H groups in total. The minimum atomic E-state index is -0.674. The molecule has 0 radical (unpaired) electrons. The summed E-state index contributed by atoms with van der Waals surface area (Å²) < 4.78 is 0. The lowest BCUT2D eigenvalue weighted by atomic mass is 9.89. The van der Waals surface area contributed by atoms with Crippen molar-refractivity contribution < 1.29 is 9.90 Å². The van der Waals surface area contributed by atoms with Crippen LogP contribution in [0, 0.1) is 17.3 Å². The van der Waals surface area contributed by atoms with E-state index >= 15 is 0 Å². The second-order valence-electron chi connectivity index (χ2n) is 6.15. The van der Waals surface area contributed by atoms with Crippen LogP contribution in [-0.4, -0.2) is 35.6 Å². The van der Waals surface area contributed by atoms with E-state index in [-0.39, 0.29) is 0 Å². The van der Waals surface area contributed by atoms with Crippen LogP contribution in [0.2, 0.25) is 0 Å². The van der Waals surface area contributed by atoms with Gasteiger partial charge in [-0.15, -0.1) is 0 Å². The van der Waals surface area contributed by atoms with E-state index in [1.807, 2.05) is 13.8 Å². The fourth-order valence-electron chi connectivity index (χ4n) is 3.06. The number of hydrogen-bond donors (Lipinski definition) is 1. The number of nitrogens with zero attached hydrogens (tertiary/aromatic N) is 1. The van der Waals surface area contributed by atoms with Crippen LogP contribution in [-0.2, 0) is 4.79 Å². The van der Waals surface area contributed by atoms with Gasteiger partial charge in [0, 0.05) is 13.1 Å². The molecule has 92 valence electrons. The molecule has 3 heteroatoms. The predicted octanol–water partition coefficient (Wildman–Crippen LogP) is 2.22. The van der Waals surface area contributed by atoms with Crippen molar-refractivity contribution in [1.29, 1.82) is 0 Å². The Kier molecular flexibility index (Phi) is 3.24. The molecular formula is C13H23NO2. The summed E-state index contributed by atoms with van der Waals surface area (Å²) in [6.07, 6.45) is 4.96. The van der Waals surface area contributed by atoms with Crippen molar-refractivity contribution in [1.82, 2.24) is 4.90 Å². The zero-order chi connectivity index (χ0) is 11.8. The monoisotopic (exact) mass is 225 g/mol. The summed E-state index contributed by atoms with van der Waals surface area (Å²) in [7, 11) is 0. The molecule has 0 aromatic rings. The number of hydrogen-bond acceptors (Lipinski definition) is 2. The zero-order valence-corrected chi connectivity index (χ0v) is 10.4. The molecule has 2 unspecified atom stereocenters. The number of fused-ring (bicyclic) bond motifs is 1. The van der Waals surface area contributed by atoms with Crippen molar-refractivity contribution in [3.8, 4) is 0 Å². The van der Waals surface area contributed by atoms with Gasteiger partial charge in [-0.05, 0) is 51.5 Å². The highest BCUT2D eigenvalue weighted by Crippen LogP contribution is 2.38. The fraction of sp³-hybridized carbons (Fsp3) is 0.923. The summed E-state index contributed by atoms with van der Waals surface area (Å²) in [6, 6.07) is 0. The molecule has 2 aliphatic rings. The fourth-order valence-corrected chi connectivity index (χ4v) is 3.06. The van der Waals surface area contributed by atoms with Crippen LogP contribution in [0.4, 0.5) is 0 Å². The molecule has 0 amide bonds. The third-order valence-electron chi connectivity index (χ3n) is 4.43. The third kappa shape index (κ3) is 2.40. The second-order valence-corrected chi connectivity index (χ2v) is 6.15. The highest BCUT2D eigenvalue weighted by atomic mass is 16.4. The maximum atomic E-state index is 11.0. The summed E-state index contributed by atoms with van der Waals surface area (Å²) in [5.74, 6) is 1.15. The SMILES string of the molecule is CC(C)(CCN1CC2CCCC2C1)C(=O)O. The first-order valence-corrected chi connectivity index (χ1v) is 6.45. The van der Waals surface area contributed by atoms with Gasteiger partial charge in [0.15, 0.2) is 0 Å². The number of carboxylic acid groups (broad SMARTS) is 1. The van der Waals surface area contributed by atoms with Crippen LogP contribution in [0.25, 0.3) is 0 Å². The lowest BCUT2D eigenvalue weighted by Crippen LogP contribution is -2.31. The highest BCUT2D eigenvalue weighted by molar-refractivity contribution is 5.73. The first-order valence-electron chi connectivity index (χ1n) is 6.45. The topological polar surface area (TPSA) is 40.5 Å². The molecule has 2 fully saturated rings. The van der Waals surface area contributed by atoms with Crippen LogP contribution in [0.15, 0.2) is 0 Å². The molecule has 16 heavy (non-hydrogen) atoms. The van der Waals surface area contributed by atoms with Gasteiger partial charge in [-0.1, -0.05) is 6.42 Å². The molecule has 0 bridgehead atoms. The molecule has 2 rings (SSSR count). The molecule has 0 aromatic carbocycles. The lowest BCUT2D eigenvalue weighted by Gasteiger charge is -2.23. The van der Waals surface area contributed by atoms with Crippen molar-refractivity contribution >= 4 is 5.97 Å². The zero-order valence-electron chi connectivity index (χ0n) is 10.4. The number of aliphatic carboxylic acids is 1. The Hall–Kier alpha value is -0.570. The van der Waals surface area contributed by atoms with E-state index in [9.17, 15) is 4.79 Å². The number of carboxylic acids is 1. The molecule has 1 aliphatic carbocycles. The first-order chi connectivity index (χ1) is 7.49. The van der Waals surface area contributed by atoms with Gasteiger partial charge in [-0.25, -0.2) is 0 Å². The van der Waals surface area contributed by atoms with E-state index in [2.05, 4.69) is 4.90 Å². The Labute approximate surface area is 97.8 Å². The standard InChI is InChI=1S/C13H23NO2/c1-13(2,12(15)16)6-7-14-8-10-4-3-5-11(10)9-14/h10-11H,3-9H2,1-2H3,(H,15,16). The van der Waals surface area contributed by atoms with E-state index in [0.29, 0.717) is 0 Å². The summed E-state index contributed by atoms with van der Waals surface area (Å²) in [5, 5.41) is 9.06. The van der Waals surface area contributed by atoms with Crippen molar-refractivity contribution in [2.75, 3.05) is 19.6 Å². The van der Waals surface area contributed by atoms with E-state index < -0.39 is 11.4 Å². The van der Waals surface area contributed by atoms with Crippen LogP contribution < -0.4 is 0 Å². The Bertz CT molecular complexity index is 263. The molecule has 0 aromatic heterocycles. The van der Waals surface area contributed by atoms with Gasteiger partial charge in [0.1, 0.15) is 0 Å². The Morgan fingerprint density at radius 2 is 1.88 bits per heavy atom. The minimum Gasteiger partial charge on any atom is -0.481 e. The van der Waals surface area contributed by atoms with Crippen LogP contribution in [0.3, 0.4) is 0 Å². The Balaban J connectivity index is 1.78. The maximum Gasteiger partial charge on any atom is 0.309 e. The van der Waals surface area contributed by atoms with Crippen molar-refractivity contribution in [2.45, 2.75) is 39.5 Å². The molecule has 1 aliphatic heterocycles. The molecule has 1 saturated heterocycles. The van der Waals surface area contributed by atoms with Crippen LogP contribution in [0.1, 0.15) is 39.5 Å². The summed E-state index contributed by atoms with van der Waals surface area (Å²) in [4.78, 5) is 13.5. The maximum absolute atomic E-state index is 11.0. The average molecular weight is 225 g/mol. The van der Waals surface area contributed by atoms with E-state index in [1.165, 1.54) is 32.4 Å². The van der Waals surface area contributed by atoms with Crippen molar-refractivity contribution in [3.63, 3.8) is 0 Å². The average Bonchev–Trinajstić information content (AvgIpc) is 2.73. The highest BCUT2D eigenvalue weighted by Gasteiger charge is 2.37. The first kappa shape index (κ1) is 11.9. The normalized spacial score (nSPS) is 30.6. The molecule has 1 heterocycles. The number of likely N-dealkylation sites (tertiary alicyclic amines) is 1. The summed E-state index contributed by atoms with van der Waals surface area (Å²) >= 11 is 0. The van der Waals surface area contributed by atoms with E-state index in [4.69, 9.17) is 5.11 Å². The van der Waals surface area contributed by atoms with Gasteiger partial charge in [-0.2, -0.15) is 0 Å². The van der Waals surface area contributed by atoms with Gasteiger partial charge in [-0.3, -0.25) is 4.79 Å². The van der Waals surface area contributed by atoms with Gasteiger partial charge in [0.05, 0.1) is 5.41 Å². The molecule has 0 spiro atoms. The minimum absolute atomic E-state index is 0.572. The smallest absolute Gasteiger partial charge is 0.309 e. The summed E-state index contributed by atoms with van der Waals surface area (Å²) in [6.45, 7) is 7.02. The van der Waals surface area contributed by atoms with Gasteiger partial charge in [0.25, 0.3) is 0 Å². The summed E-state index contributed by atoms with van der Waals surface area (Å²) in [5.41, 5.74) is -0.572. The number of carbonyl (C=O) groups is 1. The molecule has 3 nitrogen and oxygen atoms in total. The quantitative estimate of drug-likeness (QED) is 0.797. The molecule has 1 saturated carbocycles. The van der Waals surface area contributed by atoms with Gasteiger partial charge >= 0.3 is 5.97 Å². The van der Waals surface area contributed by atoms with Crippen LogP contribution >= 0.6 is 0 Å². The predicted molar refractivity (Wildman–Crippen MR) is 63.3 cm³/mol. The van der Waals surface area contributed by atoms with Gasteiger partial charge < -0.3 is 10.0 Å².